The van der Waals surface area contributed by atoms with Crippen molar-refractivity contribution in [1.82, 2.24) is 4.90 Å². The summed E-state index contributed by atoms with van der Waals surface area (Å²) in [5, 5.41) is 0. The Hall–Kier alpha value is -1.07. The molecule has 2 aliphatic heterocycles. The van der Waals surface area contributed by atoms with E-state index in [1.165, 1.54) is 43.9 Å². The first-order valence-corrected chi connectivity index (χ1v) is 13.1. The Morgan fingerprint density at radius 3 is 2.14 bits per heavy atom. The lowest BCUT2D eigenvalue weighted by Crippen LogP contribution is -2.59. The molecule has 7 rings (SSSR count). The highest BCUT2D eigenvalue weighted by atomic mass is 32.2. The summed E-state index contributed by atoms with van der Waals surface area (Å²) in [6, 6.07) is 9.04. The largest absolute Gasteiger partial charge is 0.300 e. The molecule has 0 amide bonds. The number of likely N-dealkylation sites (tertiary alicyclic amines) is 1. The van der Waals surface area contributed by atoms with E-state index < -0.39 is 10.0 Å². The number of nitrogens with zero attached hydrogens (tertiary/aromatic N) is 2. The molecule has 4 aliphatic carbocycles. The van der Waals surface area contributed by atoms with E-state index in [-0.39, 0.29) is 5.41 Å². The molecule has 152 valence electrons. The Kier molecular flexibility index (Phi) is 3.79. The van der Waals surface area contributed by atoms with Gasteiger partial charge in [-0.3, -0.25) is 9.21 Å². The summed E-state index contributed by atoms with van der Waals surface area (Å²) in [5.74, 6) is 3.93. The van der Waals surface area contributed by atoms with Gasteiger partial charge in [0.1, 0.15) is 0 Å². The van der Waals surface area contributed by atoms with E-state index in [9.17, 15) is 8.42 Å². The average molecular weight is 401 g/mol. The zero-order chi connectivity index (χ0) is 19.1. The van der Waals surface area contributed by atoms with Crippen LogP contribution in [-0.2, 0) is 15.4 Å². The molecular formula is C23H32N2O2S. The fourth-order valence-electron chi connectivity index (χ4n) is 8.05. The predicted molar refractivity (Wildman–Crippen MR) is 112 cm³/mol. The second-order valence-electron chi connectivity index (χ2n) is 10.5. The monoisotopic (exact) mass is 400 g/mol. The molecule has 5 fully saturated rings. The number of rotatable bonds is 2. The number of piperidine rings is 1. The maximum atomic E-state index is 12.4. The van der Waals surface area contributed by atoms with Crippen LogP contribution in [-0.4, -0.2) is 45.2 Å². The molecule has 0 radical (unpaired) electrons. The fourth-order valence-corrected chi connectivity index (χ4v) is 9.05. The third kappa shape index (κ3) is 2.54. The molecule has 0 unspecified atom stereocenters. The summed E-state index contributed by atoms with van der Waals surface area (Å²) >= 11 is 0. The molecule has 4 nitrogen and oxygen atoms in total. The van der Waals surface area contributed by atoms with E-state index in [1.54, 1.807) is 4.31 Å². The van der Waals surface area contributed by atoms with E-state index in [4.69, 9.17) is 0 Å². The number of para-hydroxylation sites is 1. The maximum Gasteiger partial charge on any atom is 0.232 e. The van der Waals surface area contributed by atoms with Crippen LogP contribution in [0.5, 0.6) is 0 Å². The minimum absolute atomic E-state index is 0.0160. The Balaban J connectivity index is 1.25. The van der Waals surface area contributed by atoms with Crippen LogP contribution in [0.3, 0.4) is 0 Å². The van der Waals surface area contributed by atoms with Gasteiger partial charge in [-0.05, 0) is 93.3 Å². The number of hydrogen-bond acceptors (Lipinski definition) is 3. The van der Waals surface area contributed by atoms with Gasteiger partial charge in [-0.15, -0.1) is 0 Å². The molecule has 5 heteroatoms. The normalized spacial score (nSPS) is 38.9. The maximum absolute atomic E-state index is 12.4. The Labute approximate surface area is 169 Å². The van der Waals surface area contributed by atoms with Gasteiger partial charge in [0.25, 0.3) is 0 Å². The van der Waals surface area contributed by atoms with E-state index in [2.05, 4.69) is 17.0 Å². The standard InChI is InChI=1S/C23H32N2O2S/c1-28(26,27)25-15-23(20-4-2-3-5-21(20)25)6-8-24(9-7-23)22-18-11-16-10-17(13-18)14-19(22)12-16/h2-5,16-19,22H,6-15H2,1H3. The van der Waals surface area contributed by atoms with Gasteiger partial charge in [-0.1, -0.05) is 18.2 Å². The van der Waals surface area contributed by atoms with Crippen molar-refractivity contribution in [3.8, 4) is 0 Å². The van der Waals surface area contributed by atoms with Crippen LogP contribution in [0.2, 0.25) is 0 Å². The second-order valence-corrected chi connectivity index (χ2v) is 12.4. The van der Waals surface area contributed by atoms with Crippen molar-refractivity contribution in [3.05, 3.63) is 29.8 Å². The first-order valence-electron chi connectivity index (χ1n) is 11.2. The SMILES string of the molecule is CS(=O)(=O)N1CC2(CCN(C3C4CC5CC(C4)CC3C5)CC2)c2ccccc21. The first kappa shape index (κ1) is 17.8. The zero-order valence-corrected chi connectivity index (χ0v) is 17.7. The third-order valence-electron chi connectivity index (χ3n) is 8.94. The molecule has 1 spiro atoms. The van der Waals surface area contributed by atoms with E-state index in [0.29, 0.717) is 6.54 Å². The molecular weight excluding hydrogens is 368 g/mol. The molecule has 28 heavy (non-hydrogen) atoms. The van der Waals surface area contributed by atoms with Gasteiger partial charge in [0, 0.05) is 18.0 Å². The van der Waals surface area contributed by atoms with Crippen molar-refractivity contribution < 1.29 is 8.42 Å². The van der Waals surface area contributed by atoms with Gasteiger partial charge in [0.15, 0.2) is 0 Å². The van der Waals surface area contributed by atoms with E-state index >= 15 is 0 Å². The summed E-state index contributed by atoms with van der Waals surface area (Å²) in [5.41, 5.74) is 2.21. The molecule has 0 aromatic heterocycles. The number of anilines is 1. The highest BCUT2D eigenvalue weighted by molar-refractivity contribution is 7.92. The quantitative estimate of drug-likeness (QED) is 0.761. The third-order valence-corrected chi connectivity index (χ3v) is 10.1. The van der Waals surface area contributed by atoms with Crippen molar-refractivity contribution in [2.24, 2.45) is 23.7 Å². The van der Waals surface area contributed by atoms with E-state index in [0.717, 1.165) is 61.3 Å². The lowest BCUT2D eigenvalue weighted by molar-refractivity contribution is -0.0748. The first-order chi connectivity index (χ1) is 13.4. The summed E-state index contributed by atoms with van der Waals surface area (Å²) in [7, 11) is -3.22. The van der Waals surface area contributed by atoms with Gasteiger partial charge >= 0.3 is 0 Å². The smallest absolute Gasteiger partial charge is 0.232 e. The van der Waals surface area contributed by atoms with Crippen molar-refractivity contribution in [3.63, 3.8) is 0 Å². The highest BCUT2D eigenvalue weighted by Crippen LogP contribution is 2.56. The molecule has 0 N–H and O–H groups in total. The van der Waals surface area contributed by atoms with Gasteiger partial charge in [0.2, 0.25) is 10.0 Å². The summed E-state index contributed by atoms with van der Waals surface area (Å²) in [6.45, 7) is 2.92. The fraction of sp³-hybridized carbons (Fsp3) is 0.739. The molecule has 1 aromatic rings. The molecule has 1 saturated heterocycles. The van der Waals surface area contributed by atoms with Gasteiger partial charge in [-0.25, -0.2) is 8.42 Å². The van der Waals surface area contributed by atoms with Crippen molar-refractivity contribution in [1.29, 1.82) is 0 Å². The highest BCUT2D eigenvalue weighted by Gasteiger charge is 2.53. The number of fused-ring (bicyclic) bond motifs is 2. The average Bonchev–Trinajstić information content (AvgIpc) is 2.97. The molecule has 6 aliphatic rings. The van der Waals surface area contributed by atoms with Crippen LogP contribution in [0.25, 0.3) is 0 Å². The number of sulfonamides is 1. The van der Waals surface area contributed by atoms with Crippen LogP contribution in [0.4, 0.5) is 5.69 Å². The molecule has 4 bridgehead atoms. The van der Waals surface area contributed by atoms with Gasteiger partial charge < -0.3 is 0 Å². The Bertz CT molecular complexity index is 860. The Morgan fingerprint density at radius 1 is 0.929 bits per heavy atom. The van der Waals surface area contributed by atoms with E-state index in [1.807, 2.05) is 12.1 Å². The van der Waals surface area contributed by atoms with Crippen LogP contribution >= 0.6 is 0 Å². The van der Waals surface area contributed by atoms with Crippen LogP contribution < -0.4 is 4.31 Å². The topological polar surface area (TPSA) is 40.6 Å². The van der Waals surface area contributed by atoms with Crippen LogP contribution in [0.1, 0.15) is 50.5 Å². The molecule has 2 heterocycles. The zero-order valence-electron chi connectivity index (χ0n) is 16.9. The van der Waals surface area contributed by atoms with Gasteiger partial charge in [-0.2, -0.15) is 0 Å². The lowest BCUT2D eigenvalue weighted by Gasteiger charge is -2.58. The molecule has 4 saturated carbocycles. The summed E-state index contributed by atoms with van der Waals surface area (Å²) < 4.78 is 26.5. The molecule has 0 atom stereocenters. The lowest BCUT2D eigenvalue weighted by atomic mass is 9.53. The van der Waals surface area contributed by atoms with Crippen molar-refractivity contribution in [2.75, 3.05) is 30.2 Å². The Morgan fingerprint density at radius 2 is 1.54 bits per heavy atom. The predicted octanol–water partition coefficient (Wildman–Crippen LogP) is 3.62. The van der Waals surface area contributed by atoms with Crippen LogP contribution in [0.15, 0.2) is 24.3 Å². The minimum atomic E-state index is -3.22. The summed E-state index contributed by atoms with van der Waals surface area (Å²) in [4.78, 5) is 2.82. The van der Waals surface area contributed by atoms with Crippen molar-refractivity contribution in [2.45, 2.75) is 56.4 Å². The number of benzene rings is 1. The van der Waals surface area contributed by atoms with Crippen LogP contribution in [0, 0.1) is 23.7 Å². The van der Waals surface area contributed by atoms with Crippen molar-refractivity contribution >= 4 is 15.7 Å². The number of hydrogen-bond donors (Lipinski definition) is 0. The molecule has 1 aromatic carbocycles. The second kappa shape index (κ2) is 5.98. The van der Waals surface area contributed by atoms with Gasteiger partial charge in [0.05, 0.1) is 11.9 Å². The minimum Gasteiger partial charge on any atom is -0.300 e. The summed E-state index contributed by atoms with van der Waals surface area (Å²) in [6.07, 6.45) is 11.0.